The van der Waals surface area contributed by atoms with E-state index in [2.05, 4.69) is 69.1 Å². The first-order valence-corrected chi connectivity index (χ1v) is 8.01. The number of unbranched alkanes of at least 4 members (excludes halogenated alkanes) is 2. The van der Waals surface area contributed by atoms with Crippen molar-refractivity contribution in [1.29, 1.82) is 0 Å². The van der Waals surface area contributed by atoms with Crippen LogP contribution in [0.1, 0.15) is 52.0 Å². The fourth-order valence-corrected chi connectivity index (χ4v) is 2.68. The van der Waals surface area contributed by atoms with Crippen molar-refractivity contribution >= 4 is 11.3 Å². The van der Waals surface area contributed by atoms with Crippen LogP contribution in [0.4, 0.5) is 5.69 Å². The highest BCUT2D eigenvalue weighted by molar-refractivity contribution is 5.88. The zero-order valence-corrected chi connectivity index (χ0v) is 13.6. The topological polar surface area (TPSA) is 12.0 Å². The van der Waals surface area contributed by atoms with Gasteiger partial charge in [-0.1, -0.05) is 50.8 Å². The number of hydrogen-bond acceptors (Lipinski definition) is 1. The predicted octanol–water partition coefficient (Wildman–Crippen LogP) is 6.17. The van der Waals surface area contributed by atoms with Gasteiger partial charge in [0.15, 0.2) is 0 Å². The van der Waals surface area contributed by atoms with Crippen LogP contribution in [0.15, 0.2) is 54.3 Å². The monoisotopic (exact) mass is 281 g/mol. The van der Waals surface area contributed by atoms with Crippen LogP contribution in [0.5, 0.6) is 0 Å². The maximum absolute atomic E-state index is 4.25. The highest BCUT2D eigenvalue weighted by Gasteiger charge is 2.17. The van der Waals surface area contributed by atoms with Crippen molar-refractivity contribution in [3.63, 3.8) is 0 Å². The average molecular weight is 281 g/mol. The third kappa shape index (κ3) is 4.10. The Hall–Kier alpha value is -1.76. The van der Waals surface area contributed by atoms with E-state index in [0.29, 0.717) is 5.92 Å². The summed E-state index contributed by atoms with van der Waals surface area (Å²) in [5.41, 5.74) is 6.25. The van der Waals surface area contributed by atoms with Crippen LogP contribution < -0.4 is 5.32 Å². The van der Waals surface area contributed by atoms with Crippen molar-refractivity contribution in [1.82, 2.24) is 0 Å². The number of nitrogens with one attached hydrogen (secondary N) is 1. The molecule has 0 radical (unpaired) electrons. The lowest BCUT2D eigenvalue weighted by Crippen LogP contribution is -2.10. The largest absolute Gasteiger partial charge is 0.358 e. The molecule has 0 amide bonds. The van der Waals surface area contributed by atoms with Gasteiger partial charge >= 0.3 is 0 Å². The Kier molecular flexibility index (Phi) is 5.44. The molecule has 1 aromatic rings. The number of anilines is 1. The van der Waals surface area contributed by atoms with Crippen LogP contribution in [0, 0.1) is 5.92 Å². The van der Waals surface area contributed by atoms with Crippen LogP contribution in [0.3, 0.4) is 0 Å². The molecule has 1 heteroatoms. The van der Waals surface area contributed by atoms with Gasteiger partial charge < -0.3 is 5.32 Å². The normalized spacial score (nSPS) is 14.8. The Morgan fingerprint density at radius 3 is 2.71 bits per heavy atom. The molecule has 0 aromatic heterocycles. The van der Waals surface area contributed by atoms with Gasteiger partial charge in [0.1, 0.15) is 0 Å². The lowest BCUT2D eigenvalue weighted by atomic mass is 9.92. The summed E-state index contributed by atoms with van der Waals surface area (Å²) in [5.74, 6) is 0.662. The molecule has 0 spiro atoms. The second-order valence-corrected chi connectivity index (χ2v) is 6.17. The van der Waals surface area contributed by atoms with Crippen LogP contribution in [0.2, 0.25) is 0 Å². The second-order valence-electron chi connectivity index (χ2n) is 6.17. The first-order valence-electron chi connectivity index (χ1n) is 8.01. The number of hydrogen-bond donors (Lipinski definition) is 1. The highest BCUT2D eigenvalue weighted by Crippen LogP contribution is 2.36. The highest BCUT2D eigenvalue weighted by atomic mass is 14.9. The van der Waals surface area contributed by atoms with Crippen molar-refractivity contribution in [2.24, 2.45) is 5.92 Å². The molecule has 0 saturated heterocycles. The molecule has 1 aliphatic heterocycles. The van der Waals surface area contributed by atoms with Gasteiger partial charge in [-0.25, -0.2) is 0 Å². The molecular weight excluding hydrogens is 254 g/mol. The van der Waals surface area contributed by atoms with Crippen molar-refractivity contribution in [2.45, 2.75) is 46.5 Å². The second kappa shape index (κ2) is 7.31. The summed E-state index contributed by atoms with van der Waals surface area (Å²) in [4.78, 5) is 0. The molecule has 2 rings (SSSR count). The number of para-hydroxylation sites is 1. The van der Waals surface area contributed by atoms with Crippen LogP contribution >= 0.6 is 0 Å². The van der Waals surface area contributed by atoms with Crippen molar-refractivity contribution in [2.75, 3.05) is 5.32 Å². The number of fused-ring (bicyclic) bond motifs is 1. The zero-order valence-electron chi connectivity index (χ0n) is 13.6. The fourth-order valence-electron chi connectivity index (χ4n) is 2.68. The minimum Gasteiger partial charge on any atom is -0.358 e. The predicted molar refractivity (Wildman–Crippen MR) is 94.2 cm³/mol. The van der Waals surface area contributed by atoms with Gasteiger partial charge in [-0.2, -0.15) is 0 Å². The van der Waals surface area contributed by atoms with E-state index in [-0.39, 0.29) is 0 Å². The lowest BCUT2D eigenvalue weighted by molar-refractivity contribution is 0.733. The molecule has 1 N–H and O–H groups in total. The molecular formula is C20H27N. The van der Waals surface area contributed by atoms with Gasteiger partial charge in [0, 0.05) is 16.9 Å². The van der Waals surface area contributed by atoms with Gasteiger partial charge in [0.25, 0.3) is 0 Å². The smallest absolute Gasteiger partial charge is 0.0461 e. The zero-order chi connectivity index (χ0) is 15.2. The minimum atomic E-state index is 0.662. The third-order valence-corrected chi connectivity index (χ3v) is 4.01. The number of allylic oxidation sites excluding steroid dienone is 5. The average Bonchev–Trinajstić information content (AvgIpc) is 2.47. The van der Waals surface area contributed by atoms with Crippen LogP contribution in [-0.4, -0.2) is 0 Å². The quantitative estimate of drug-likeness (QED) is 0.485. The van der Waals surface area contributed by atoms with E-state index in [0.717, 1.165) is 6.42 Å². The van der Waals surface area contributed by atoms with E-state index in [1.54, 1.807) is 0 Å². The Morgan fingerprint density at radius 2 is 1.95 bits per heavy atom. The maximum Gasteiger partial charge on any atom is 0.0461 e. The summed E-state index contributed by atoms with van der Waals surface area (Å²) in [7, 11) is 0. The summed E-state index contributed by atoms with van der Waals surface area (Å²) in [6.07, 6.45) is 9.36. The molecule has 0 fully saturated rings. The molecule has 1 aromatic carbocycles. The molecule has 0 bridgehead atoms. The Labute approximate surface area is 129 Å². The first kappa shape index (κ1) is 15.6. The summed E-state index contributed by atoms with van der Waals surface area (Å²) in [6.45, 7) is 10.9. The van der Waals surface area contributed by atoms with Crippen molar-refractivity contribution in [3.05, 3.63) is 59.8 Å². The molecule has 0 unspecified atom stereocenters. The molecule has 0 aliphatic carbocycles. The van der Waals surface area contributed by atoms with E-state index in [4.69, 9.17) is 0 Å². The molecule has 112 valence electrons. The molecule has 1 nitrogen and oxygen atoms in total. The van der Waals surface area contributed by atoms with E-state index in [9.17, 15) is 0 Å². The van der Waals surface area contributed by atoms with Gasteiger partial charge in [0.05, 0.1) is 0 Å². The minimum absolute atomic E-state index is 0.662. The summed E-state index contributed by atoms with van der Waals surface area (Å²) >= 11 is 0. The van der Waals surface area contributed by atoms with Gasteiger partial charge in [-0.3, -0.25) is 0 Å². The molecule has 0 saturated carbocycles. The van der Waals surface area contributed by atoms with Crippen molar-refractivity contribution in [3.8, 4) is 0 Å². The van der Waals surface area contributed by atoms with E-state index in [1.165, 1.54) is 47.4 Å². The van der Waals surface area contributed by atoms with Crippen LogP contribution in [-0.2, 0) is 0 Å². The Balaban J connectivity index is 1.89. The first-order chi connectivity index (χ1) is 10.1. The number of benzene rings is 1. The van der Waals surface area contributed by atoms with E-state index >= 15 is 0 Å². The summed E-state index contributed by atoms with van der Waals surface area (Å²) in [6, 6.07) is 8.43. The lowest BCUT2D eigenvalue weighted by Gasteiger charge is -2.25. The summed E-state index contributed by atoms with van der Waals surface area (Å²) < 4.78 is 0. The number of rotatable bonds is 6. The standard InChI is InChI=1S/C20H27N/c1-15(2)11-7-5-6-8-13-19-17(4)16(3)18-12-9-10-14-20(18)21-19/h7,9-12,14-15,21H,3,5-6,8,13H2,1-2,4H3/b11-7+. The SMILES string of the molecule is C=C1C(C)=C(CCCC/C=C/C(C)C)Nc2ccccc21. The van der Waals surface area contributed by atoms with Gasteiger partial charge in [0.2, 0.25) is 0 Å². The molecule has 1 heterocycles. The summed E-state index contributed by atoms with van der Waals surface area (Å²) in [5, 5.41) is 3.59. The Morgan fingerprint density at radius 1 is 1.19 bits per heavy atom. The third-order valence-electron chi connectivity index (χ3n) is 4.01. The van der Waals surface area contributed by atoms with E-state index in [1.807, 2.05) is 0 Å². The molecule has 21 heavy (non-hydrogen) atoms. The van der Waals surface area contributed by atoms with Gasteiger partial charge in [-0.05, 0) is 55.7 Å². The maximum atomic E-state index is 4.25. The van der Waals surface area contributed by atoms with Gasteiger partial charge in [-0.15, -0.1) is 0 Å². The molecule has 0 atom stereocenters. The fraction of sp³-hybridized carbons (Fsp3) is 0.400. The van der Waals surface area contributed by atoms with Crippen LogP contribution in [0.25, 0.3) is 5.57 Å². The Bertz CT molecular complexity index is 561. The van der Waals surface area contributed by atoms with E-state index < -0.39 is 0 Å². The molecule has 1 aliphatic rings. The van der Waals surface area contributed by atoms with Crippen molar-refractivity contribution < 1.29 is 0 Å².